The van der Waals surface area contributed by atoms with Gasteiger partial charge in [-0.15, -0.1) is 0 Å². The van der Waals surface area contributed by atoms with Crippen LogP contribution in [-0.2, 0) is 0 Å². The van der Waals surface area contributed by atoms with Crippen molar-refractivity contribution in [3.63, 3.8) is 0 Å². The monoisotopic (exact) mass is 241 g/mol. The van der Waals surface area contributed by atoms with Crippen LogP contribution in [0.4, 0.5) is 0 Å². The highest BCUT2D eigenvalue weighted by Gasteiger charge is 2.16. The zero-order valence-electron chi connectivity index (χ0n) is 10.2. The SMILES string of the molecule is Cc1nc(SC(CO)C(C)N)nc(C)c1C. The van der Waals surface area contributed by atoms with Crippen LogP contribution in [0.15, 0.2) is 5.16 Å². The van der Waals surface area contributed by atoms with Gasteiger partial charge in [0.25, 0.3) is 0 Å². The van der Waals surface area contributed by atoms with Gasteiger partial charge >= 0.3 is 0 Å². The highest BCUT2D eigenvalue weighted by molar-refractivity contribution is 7.99. The van der Waals surface area contributed by atoms with Gasteiger partial charge in [-0.2, -0.15) is 0 Å². The zero-order valence-corrected chi connectivity index (χ0v) is 11.0. The summed E-state index contributed by atoms with van der Waals surface area (Å²) in [5.74, 6) is 0. The maximum Gasteiger partial charge on any atom is 0.188 e. The summed E-state index contributed by atoms with van der Waals surface area (Å²) in [5, 5.41) is 9.83. The van der Waals surface area contributed by atoms with E-state index in [0.29, 0.717) is 5.16 Å². The van der Waals surface area contributed by atoms with E-state index >= 15 is 0 Å². The number of aliphatic hydroxyl groups is 1. The molecule has 0 saturated carbocycles. The van der Waals surface area contributed by atoms with E-state index in [4.69, 9.17) is 5.73 Å². The van der Waals surface area contributed by atoms with Gasteiger partial charge in [0.2, 0.25) is 0 Å². The second-order valence-corrected chi connectivity index (χ2v) is 5.21. The van der Waals surface area contributed by atoms with Crippen LogP contribution in [0.25, 0.3) is 0 Å². The van der Waals surface area contributed by atoms with E-state index in [-0.39, 0.29) is 17.9 Å². The molecule has 5 heteroatoms. The average molecular weight is 241 g/mol. The lowest BCUT2D eigenvalue weighted by molar-refractivity contribution is 0.285. The van der Waals surface area contributed by atoms with Gasteiger partial charge in [0.15, 0.2) is 5.16 Å². The highest BCUT2D eigenvalue weighted by atomic mass is 32.2. The molecule has 1 rings (SSSR count). The smallest absolute Gasteiger partial charge is 0.188 e. The number of aryl methyl sites for hydroxylation is 2. The Labute approximate surface area is 101 Å². The standard InChI is InChI=1S/C11H19N3OS/c1-6-8(3)13-11(14-9(6)4)16-10(5-15)7(2)12/h7,10,15H,5,12H2,1-4H3. The van der Waals surface area contributed by atoms with Crippen molar-refractivity contribution in [3.8, 4) is 0 Å². The maximum atomic E-state index is 9.19. The number of rotatable bonds is 4. The van der Waals surface area contributed by atoms with Crippen molar-refractivity contribution in [2.75, 3.05) is 6.61 Å². The van der Waals surface area contributed by atoms with E-state index in [2.05, 4.69) is 9.97 Å². The van der Waals surface area contributed by atoms with Crippen molar-refractivity contribution in [1.29, 1.82) is 0 Å². The molecule has 90 valence electrons. The molecule has 0 saturated heterocycles. The molecule has 1 heterocycles. The Morgan fingerprint density at radius 2 is 1.75 bits per heavy atom. The van der Waals surface area contributed by atoms with Crippen LogP contribution in [-0.4, -0.2) is 33.0 Å². The third-order valence-corrected chi connectivity index (χ3v) is 3.91. The molecule has 0 fully saturated rings. The molecule has 0 aliphatic carbocycles. The van der Waals surface area contributed by atoms with E-state index in [1.807, 2.05) is 27.7 Å². The van der Waals surface area contributed by atoms with Gasteiger partial charge in [-0.05, 0) is 33.3 Å². The summed E-state index contributed by atoms with van der Waals surface area (Å²) >= 11 is 1.44. The molecular weight excluding hydrogens is 222 g/mol. The summed E-state index contributed by atoms with van der Waals surface area (Å²) in [5.41, 5.74) is 8.85. The van der Waals surface area contributed by atoms with Gasteiger partial charge in [0.1, 0.15) is 0 Å². The second-order valence-electron chi connectivity index (χ2n) is 4.00. The Morgan fingerprint density at radius 3 is 2.12 bits per heavy atom. The Balaban J connectivity index is 2.89. The Bertz CT molecular complexity index is 345. The molecule has 1 aromatic heterocycles. The van der Waals surface area contributed by atoms with Crippen LogP contribution < -0.4 is 5.73 Å². The number of aromatic nitrogens is 2. The fourth-order valence-electron chi connectivity index (χ4n) is 1.24. The van der Waals surface area contributed by atoms with Crippen LogP contribution in [0.3, 0.4) is 0 Å². The Morgan fingerprint density at radius 1 is 1.25 bits per heavy atom. The molecule has 0 radical (unpaired) electrons. The molecule has 0 spiro atoms. The molecule has 0 amide bonds. The van der Waals surface area contributed by atoms with Gasteiger partial charge in [-0.3, -0.25) is 0 Å². The van der Waals surface area contributed by atoms with Crippen molar-refractivity contribution in [1.82, 2.24) is 9.97 Å². The van der Waals surface area contributed by atoms with Gasteiger partial charge in [0.05, 0.1) is 11.9 Å². The minimum Gasteiger partial charge on any atom is -0.395 e. The summed E-state index contributed by atoms with van der Waals surface area (Å²) in [6.07, 6.45) is 0. The van der Waals surface area contributed by atoms with Crippen LogP contribution in [0.5, 0.6) is 0 Å². The normalized spacial score (nSPS) is 14.9. The molecule has 0 aromatic carbocycles. The number of nitrogens with zero attached hydrogens (tertiary/aromatic N) is 2. The average Bonchev–Trinajstić information content (AvgIpc) is 2.21. The molecule has 1 aromatic rings. The lowest BCUT2D eigenvalue weighted by Gasteiger charge is -2.17. The predicted octanol–water partition coefficient (Wildman–Crippen LogP) is 1.20. The topological polar surface area (TPSA) is 72.0 Å². The summed E-state index contributed by atoms with van der Waals surface area (Å²) in [7, 11) is 0. The van der Waals surface area contributed by atoms with Crippen molar-refractivity contribution in [2.45, 2.75) is 44.1 Å². The van der Waals surface area contributed by atoms with E-state index in [1.165, 1.54) is 11.8 Å². The fraction of sp³-hybridized carbons (Fsp3) is 0.636. The van der Waals surface area contributed by atoms with Crippen molar-refractivity contribution >= 4 is 11.8 Å². The van der Waals surface area contributed by atoms with Gasteiger partial charge in [-0.25, -0.2) is 9.97 Å². The summed E-state index contributed by atoms with van der Waals surface area (Å²) in [6.45, 7) is 7.86. The summed E-state index contributed by atoms with van der Waals surface area (Å²) < 4.78 is 0. The maximum absolute atomic E-state index is 9.19. The largest absolute Gasteiger partial charge is 0.395 e. The third kappa shape index (κ3) is 3.17. The molecule has 2 unspecified atom stereocenters. The lowest BCUT2D eigenvalue weighted by atomic mass is 10.2. The van der Waals surface area contributed by atoms with E-state index in [1.54, 1.807) is 0 Å². The first kappa shape index (κ1) is 13.4. The van der Waals surface area contributed by atoms with Gasteiger partial charge < -0.3 is 10.8 Å². The van der Waals surface area contributed by atoms with Crippen molar-refractivity contribution < 1.29 is 5.11 Å². The summed E-state index contributed by atoms with van der Waals surface area (Å²) in [4.78, 5) is 8.78. The number of nitrogens with two attached hydrogens (primary N) is 1. The molecule has 0 aliphatic rings. The van der Waals surface area contributed by atoms with Crippen molar-refractivity contribution in [3.05, 3.63) is 17.0 Å². The number of aliphatic hydroxyl groups excluding tert-OH is 1. The number of hydrogen-bond acceptors (Lipinski definition) is 5. The first-order valence-corrected chi connectivity index (χ1v) is 6.18. The van der Waals surface area contributed by atoms with E-state index < -0.39 is 0 Å². The molecule has 3 N–H and O–H groups in total. The Kier molecular flexibility index (Phi) is 4.70. The van der Waals surface area contributed by atoms with Crippen LogP contribution in [0, 0.1) is 20.8 Å². The zero-order chi connectivity index (χ0) is 12.3. The van der Waals surface area contributed by atoms with E-state index in [0.717, 1.165) is 17.0 Å². The number of thioether (sulfide) groups is 1. The Hall–Kier alpha value is -0.650. The van der Waals surface area contributed by atoms with Crippen molar-refractivity contribution in [2.24, 2.45) is 5.73 Å². The third-order valence-electron chi connectivity index (χ3n) is 2.64. The van der Waals surface area contributed by atoms with Crippen LogP contribution in [0.2, 0.25) is 0 Å². The second kappa shape index (κ2) is 5.61. The first-order chi connectivity index (χ1) is 7.45. The molecule has 2 atom stereocenters. The fourth-order valence-corrected chi connectivity index (χ4v) is 2.18. The molecule has 4 nitrogen and oxygen atoms in total. The number of hydrogen-bond donors (Lipinski definition) is 2. The molecule has 0 bridgehead atoms. The van der Waals surface area contributed by atoms with Crippen LogP contribution >= 0.6 is 11.8 Å². The lowest BCUT2D eigenvalue weighted by Crippen LogP contribution is -2.32. The van der Waals surface area contributed by atoms with Gasteiger partial charge in [-0.1, -0.05) is 11.8 Å². The van der Waals surface area contributed by atoms with E-state index in [9.17, 15) is 5.11 Å². The molecular formula is C11H19N3OS. The predicted molar refractivity (Wildman–Crippen MR) is 66.6 cm³/mol. The quantitative estimate of drug-likeness (QED) is 0.612. The summed E-state index contributed by atoms with van der Waals surface area (Å²) in [6, 6.07) is -0.0829. The minimum absolute atomic E-state index is 0.0394. The first-order valence-electron chi connectivity index (χ1n) is 5.30. The minimum atomic E-state index is -0.0829. The molecule has 16 heavy (non-hydrogen) atoms. The van der Waals surface area contributed by atoms with Crippen LogP contribution in [0.1, 0.15) is 23.9 Å². The van der Waals surface area contributed by atoms with Gasteiger partial charge in [0, 0.05) is 17.4 Å². The molecule has 0 aliphatic heterocycles. The highest BCUT2D eigenvalue weighted by Crippen LogP contribution is 2.23.